The average molecular weight is 261 g/mol. The molecule has 3 nitrogen and oxygen atoms in total. The third-order valence-electron chi connectivity index (χ3n) is 3.62. The summed E-state index contributed by atoms with van der Waals surface area (Å²) >= 11 is 6.01. The molecule has 4 rings (SSSR count). The van der Waals surface area contributed by atoms with Crippen LogP contribution in [0.2, 0.25) is 0 Å². The Morgan fingerprint density at radius 2 is 1.83 bits per heavy atom. The Morgan fingerprint density at radius 3 is 2.56 bits per heavy atom. The third kappa shape index (κ3) is 1.08. The molecule has 0 bridgehead atoms. The van der Waals surface area contributed by atoms with Gasteiger partial charge in [0, 0.05) is 5.56 Å². The lowest BCUT2D eigenvalue weighted by atomic mass is 9.81. The minimum atomic E-state index is -0.492. The van der Waals surface area contributed by atoms with Crippen LogP contribution < -0.4 is 9.47 Å². The SMILES string of the molecule is Cc1cc2c(c3cc4c(cc13)OCO4)C(=O)[C@@H]2Cl. The van der Waals surface area contributed by atoms with Crippen LogP contribution in [0.15, 0.2) is 18.2 Å². The van der Waals surface area contributed by atoms with E-state index in [9.17, 15) is 4.79 Å². The average Bonchev–Trinajstić information content (AvgIpc) is 2.83. The van der Waals surface area contributed by atoms with Crippen molar-refractivity contribution in [1.29, 1.82) is 0 Å². The molecule has 0 spiro atoms. The Morgan fingerprint density at radius 1 is 1.17 bits per heavy atom. The summed E-state index contributed by atoms with van der Waals surface area (Å²) in [5.41, 5.74) is 2.75. The second-order valence-electron chi connectivity index (χ2n) is 4.64. The first-order chi connectivity index (χ1) is 8.66. The minimum absolute atomic E-state index is 0.00414. The van der Waals surface area contributed by atoms with E-state index in [-0.39, 0.29) is 12.6 Å². The summed E-state index contributed by atoms with van der Waals surface area (Å²) in [6, 6.07) is 5.80. The predicted molar refractivity (Wildman–Crippen MR) is 67.7 cm³/mol. The van der Waals surface area contributed by atoms with Gasteiger partial charge in [0.2, 0.25) is 6.79 Å². The van der Waals surface area contributed by atoms with E-state index in [4.69, 9.17) is 21.1 Å². The second kappa shape index (κ2) is 3.18. The summed E-state index contributed by atoms with van der Waals surface area (Å²) in [7, 11) is 0. The molecule has 4 heteroatoms. The molecule has 0 saturated carbocycles. The van der Waals surface area contributed by atoms with Crippen molar-refractivity contribution in [3.05, 3.63) is 34.9 Å². The van der Waals surface area contributed by atoms with Gasteiger partial charge in [0.25, 0.3) is 0 Å². The largest absolute Gasteiger partial charge is 0.454 e. The lowest BCUT2D eigenvalue weighted by Crippen LogP contribution is -2.22. The van der Waals surface area contributed by atoms with Gasteiger partial charge in [0.1, 0.15) is 5.38 Å². The maximum absolute atomic E-state index is 11.9. The lowest BCUT2D eigenvalue weighted by molar-refractivity contribution is 0.0963. The number of ketones is 1. The molecule has 2 aliphatic rings. The van der Waals surface area contributed by atoms with Crippen LogP contribution in [-0.2, 0) is 0 Å². The maximum atomic E-state index is 11.9. The van der Waals surface area contributed by atoms with E-state index >= 15 is 0 Å². The highest BCUT2D eigenvalue weighted by atomic mass is 35.5. The summed E-state index contributed by atoms with van der Waals surface area (Å²) in [6.07, 6.45) is 0. The molecule has 1 heterocycles. The van der Waals surface area contributed by atoms with E-state index in [1.54, 1.807) is 0 Å². The van der Waals surface area contributed by atoms with Gasteiger partial charge in [-0.05, 0) is 41.0 Å². The topological polar surface area (TPSA) is 35.5 Å². The number of aryl methyl sites for hydroxylation is 1. The number of ether oxygens (including phenoxy) is 2. The predicted octanol–water partition coefficient (Wildman–Crippen LogP) is 3.35. The Labute approximate surface area is 108 Å². The highest BCUT2D eigenvalue weighted by molar-refractivity contribution is 6.40. The molecule has 1 atom stereocenters. The van der Waals surface area contributed by atoms with Gasteiger partial charge in [-0.15, -0.1) is 11.6 Å². The van der Waals surface area contributed by atoms with Gasteiger partial charge in [-0.2, -0.15) is 0 Å². The van der Waals surface area contributed by atoms with Crippen LogP contribution in [0.1, 0.15) is 26.9 Å². The van der Waals surface area contributed by atoms with E-state index in [0.29, 0.717) is 5.75 Å². The molecule has 0 aromatic heterocycles. The summed E-state index contributed by atoms with van der Waals surface area (Å²) in [5, 5.41) is 1.44. The molecule has 2 aromatic carbocycles. The van der Waals surface area contributed by atoms with Crippen molar-refractivity contribution >= 4 is 28.2 Å². The Bertz CT molecular complexity index is 721. The zero-order chi connectivity index (χ0) is 12.4. The third-order valence-corrected chi connectivity index (χ3v) is 4.05. The molecule has 0 amide bonds. The maximum Gasteiger partial charge on any atom is 0.231 e. The fourth-order valence-electron chi connectivity index (χ4n) is 2.68. The van der Waals surface area contributed by atoms with Gasteiger partial charge in [0.05, 0.1) is 0 Å². The molecule has 18 heavy (non-hydrogen) atoms. The quantitative estimate of drug-likeness (QED) is 0.682. The number of hydrogen-bond donors (Lipinski definition) is 0. The fraction of sp³-hybridized carbons (Fsp3) is 0.214. The summed E-state index contributed by atoms with van der Waals surface area (Å²) in [6.45, 7) is 2.25. The normalized spacial score (nSPS) is 19.9. The van der Waals surface area contributed by atoms with Crippen molar-refractivity contribution in [2.45, 2.75) is 12.3 Å². The first-order valence-corrected chi connectivity index (χ1v) is 6.15. The summed E-state index contributed by atoms with van der Waals surface area (Å²) < 4.78 is 10.7. The van der Waals surface area contributed by atoms with E-state index < -0.39 is 5.38 Å². The van der Waals surface area contributed by atoms with E-state index in [0.717, 1.165) is 33.2 Å². The van der Waals surface area contributed by atoms with Crippen molar-refractivity contribution in [2.24, 2.45) is 0 Å². The molecule has 1 aliphatic heterocycles. The summed E-state index contributed by atoms with van der Waals surface area (Å²) in [5.74, 6) is 1.43. The van der Waals surface area contributed by atoms with Crippen molar-refractivity contribution in [3.8, 4) is 11.5 Å². The van der Waals surface area contributed by atoms with Gasteiger partial charge >= 0.3 is 0 Å². The van der Waals surface area contributed by atoms with Crippen molar-refractivity contribution in [2.75, 3.05) is 6.79 Å². The van der Waals surface area contributed by atoms with Crippen LogP contribution in [0.25, 0.3) is 10.8 Å². The van der Waals surface area contributed by atoms with Crippen molar-refractivity contribution in [3.63, 3.8) is 0 Å². The van der Waals surface area contributed by atoms with Crippen LogP contribution in [0.5, 0.6) is 11.5 Å². The minimum Gasteiger partial charge on any atom is -0.454 e. The molecular formula is C14H9ClO3. The first kappa shape index (κ1) is 10.2. The highest BCUT2D eigenvalue weighted by Crippen LogP contribution is 2.46. The van der Waals surface area contributed by atoms with E-state index in [1.165, 1.54) is 0 Å². The zero-order valence-electron chi connectivity index (χ0n) is 9.62. The molecular weight excluding hydrogens is 252 g/mol. The van der Waals surface area contributed by atoms with Crippen LogP contribution in [0.3, 0.4) is 0 Å². The molecule has 0 fully saturated rings. The van der Waals surface area contributed by atoms with Crippen LogP contribution >= 0.6 is 11.6 Å². The lowest BCUT2D eigenvalue weighted by Gasteiger charge is -2.26. The molecule has 0 N–H and O–H groups in total. The zero-order valence-corrected chi connectivity index (χ0v) is 10.4. The molecule has 1 aliphatic carbocycles. The van der Waals surface area contributed by atoms with E-state index in [2.05, 4.69) is 0 Å². The Hall–Kier alpha value is -1.74. The second-order valence-corrected chi connectivity index (χ2v) is 5.07. The Balaban J connectivity index is 2.13. The number of fused-ring (bicyclic) bond motifs is 4. The number of benzene rings is 2. The highest BCUT2D eigenvalue weighted by Gasteiger charge is 2.37. The van der Waals surface area contributed by atoms with Crippen LogP contribution in [0.4, 0.5) is 0 Å². The Kier molecular flexibility index (Phi) is 1.80. The van der Waals surface area contributed by atoms with Gasteiger partial charge in [-0.25, -0.2) is 0 Å². The van der Waals surface area contributed by atoms with Gasteiger partial charge in [-0.3, -0.25) is 4.79 Å². The van der Waals surface area contributed by atoms with Gasteiger partial charge in [-0.1, -0.05) is 6.07 Å². The monoisotopic (exact) mass is 260 g/mol. The molecule has 0 saturated heterocycles. The molecule has 90 valence electrons. The number of Topliss-reactive ketones (excluding diaryl/α,β-unsaturated/α-hetero) is 1. The molecule has 2 aromatic rings. The number of hydrogen-bond acceptors (Lipinski definition) is 3. The van der Waals surface area contributed by atoms with Gasteiger partial charge < -0.3 is 9.47 Å². The number of halogens is 1. The van der Waals surface area contributed by atoms with Gasteiger partial charge in [0.15, 0.2) is 17.3 Å². The summed E-state index contributed by atoms with van der Waals surface area (Å²) in [4.78, 5) is 11.9. The smallest absolute Gasteiger partial charge is 0.231 e. The molecule has 0 radical (unpaired) electrons. The van der Waals surface area contributed by atoms with Crippen molar-refractivity contribution < 1.29 is 14.3 Å². The van der Waals surface area contributed by atoms with Crippen LogP contribution in [0, 0.1) is 6.92 Å². The van der Waals surface area contributed by atoms with E-state index in [1.807, 2.05) is 25.1 Å². The number of carbonyl (C=O) groups is 1. The van der Waals surface area contributed by atoms with Crippen molar-refractivity contribution in [1.82, 2.24) is 0 Å². The first-order valence-electron chi connectivity index (χ1n) is 5.72. The number of alkyl halides is 1. The molecule has 0 unspecified atom stereocenters. The van der Waals surface area contributed by atoms with Crippen LogP contribution in [-0.4, -0.2) is 12.6 Å². The number of rotatable bonds is 0. The standard InChI is InChI=1S/C14H9ClO3/c1-6-2-9-12(14(16)13(9)15)8-4-11-10(3-7(6)8)17-5-18-11/h2-4,13H,5H2,1H3/t13-/m1/s1. The fourth-order valence-corrected chi connectivity index (χ4v) is 2.96. The number of carbonyl (C=O) groups excluding carboxylic acids is 1.